The summed E-state index contributed by atoms with van der Waals surface area (Å²) in [6, 6.07) is 10.2. The molecular weight excluding hydrogens is 260 g/mol. The predicted molar refractivity (Wildman–Crippen MR) is 89.2 cm³/mol. The summed E-state index contributed by atoms with van der Waals surface area (Å²) in [4.78, 5) is 8.81. The number of hydrogen-bond acceptors (Lipinski definition) is 4. The van der Waals surface area contributed by atoms with E-state index >= 15 is 0 Å². The van der Waals surface area contributed by atoms with Gasteiger partial charge in [0.05, 0.1) is 0 Å². The quantitative estimate of drug-likeness (QED) is 0.732. The van der Waals surface area contributed by atoms with Crippen molar-refractivity contribution in [3.8, 4) is 0 Å². The van der Waals surface area contributed by atoms with Gasteiger partial charge in [-0.3, -0.25) is 0 Å². The fourth-order valence-electron chi connectivity index (χ4n) is 2.15. The van der Waals surface area contributed by atoms with Gasteiger partial charge in [-0.1, -0.05) is 45.4 Å². The van der Waals surface area contributed by atoms with Crippen LogP contribution >= 0.6 is 0 Å². The Hall–Kier alpha value is -2.10. The van der Waals surface area contributed by atoms with Crippen molar-refractivity contribution in [1.82, 2.24) is 9.97 Å². The first-order valence-electron chi connectivity index (χ1n) is 7.63. The maximum Gasteiger partial charge on any atom is 0.229 e. The standard InChI is InChI=1S/C17H24N4/c1-4-5-11-18-16-10-12-19-17(21-16)20-15-9-7-6-8-14(15)13(2)3/h6-10,12-13H,4-5,11H2,1-3H3,(H2,18,19,20,21). The molecular formula is C17H24N4. The maximum atomic E-state index is 4.51. The number of rotatable bonds is 7. The number of unbranched alkanes of at least 4 members (excludes halogenated alkanes) is 1. The SMILES string of the molecule is CCCCNc1ccnc(Nc2ccccc2C(C)C)n1. The zero-order valence-corrected chi connectivity index (χ0v) is 13.1. The normalized spacial score (nSPS) is 10.7. The second-order valence-electron chi connectivity index (χ2n) is 5.41. The van der Waals surface area contributed by atoms with E-state index in [1.165, 1.54) is 12.0 Å². The van der Waals surface area contributed by atoms with Gasteiger partial charge in [-0.05, 0) is 30.0 Å². The summed E-state index contributed by atoms with van der Waals surface area (Å²) < 4.78 is 0. The van der Waals surface area contributed by atoms with Crippen molar-refractivity contribution in [3.63, 3.8) is 0 Å². The van der Waals surface area contributed by atoms with Crippen LogP contribution < -0.4 is 10.6 Å². The molecule has 0 saturated carbocycles. The molecule has 112 valence electrons. The summed E-state index contributed by atoms with van der Waals surface area (Å²) in [5.74, 6) is 1.95. The number of nitrogens with zero attached hydrogens (tertiary/aromatic N) is 2. The Morgan fingerprint density at radius 3 is 2.71 bits per heavy atom. The molecule has 21 heavy (non-hydrogen) atoms. The van der Waals surface area contributed by atoms with E-state index in [2.05, 4.69) is 59.6 Å². The molecule has 0 unspecified atom stereocenters. The van der Waals surface area contributed by atoms with Gasteiger partial charge in [0, 0.05) is 18.4 Å². The Labute approximate surface area is 127 Å². The van der Waals surface area contributed by atoms with Gasteiger partial charge < -0.3 is 10.6 Å². The van der Waals surface area contributed by atoms with Gasteiger partial charge in [-0.2, -0.15) is 4.98 Å². The largest absolute Gasteiger partial charge is 0.370 e. The molecule has 0 bridgehead atoms. The molecule has 1 aromatic carbocycles. The first-order chi connectivity index (χ1) is 10.2. The third kappa shape index (κ3) is 4.45. The Balaban J connectivity index is 2.11. The predicted octanol–water partition coefficient (Wildman–Crippen LogP) is 4.56. The van der Waals surface area contributed by atoms with Gasteiger partial charge in [-0.15, -0.1) is 0 Å². The van der Waals surface area contributed by atoms with Crippen molar-refractivity contribution in [2.24, 2.45) is 0 Å². The van der Waals surface area contributed by atoms with Crippen LogP contribution in [0.25, 0.3) is 0 Å². The van der Waals surface area contributed by atoms with Crippen LogP contribution in [0.3, 0.4) is 0 Å². The van der Waals surface area contributed by atoms with E-state index in [-0.39, 0.29) is 0 Å². The summed E-state index contributed by atoms with van der Waals surface area (Å²) in [5, 5.41) is 6.64. The second kappa shape index (κ2) is 7.62. The van der Waals surface area contributed by atoms with E-state index in [1.54, 1.807) is 6.20 Å². The summed E-state index contributed by atoms with van der Waals surface area (Å²) in [7, 11) is 0. The molecule has 1 heterocycles. The number of hydrogen-bond donors (Lipinski definition) is 2. The van der Waals surface area contributed by atoms with Crippen LogP contribution in [0.15, 0.2) is 36.5 Å². The molecule has 0 spiro atoms. The molecule has 0 atom stereocenters. The van der Waals surface area contributed by atoms with Crippen molar-refractivity contribution < 1.29 is 0 Å². The first kappa shape index (κ1) is 15.3. The zero-order chi connectivity index (χ0) is 15.1. The molecule has 0 aliphatic heterocycles. The number of para-hydroxylation sites is 1. The Morgan fingerprint density at radius 2 is 1.95 bits per heavy atom. The summed E-state index contributed by atoms with van der Waals surface area (Å²) in [6.45, 7) is 7.49. The summed E-state index contributed by atoms with van der Waals surface area (Å²) in [5.41, 5.74) is 2.34. The Bertz CT molecular complexity index is 566. The molecule has 0 saturated heterocycles. The molecule has 2 aromatic rings. The molecule has 1 aromatic heterocycles. The van der Waals surface area contributed by atoms with Crippen LogP contribution in [0, 0.1) is 0 Å². The van der Waals surface area contributed by atoms with Gasteiger partial charge in [0.15, 0.2) is 0 Å². The Morgan fingerprint density at radius 1 is 1.14 bits per heavy atom. The molecule has 4 nitrogen and oxygen atoms in total. The zero-order valence-electron chi connectivity index (χ0n) is 13.1. The number of aromatic nitrogens is 2. The average Bonchev–Trinajstić information content (AvgIpc) is 2.48. The summed E-state index contributed by atoms with van der Waals surface area (Å²) >= 11 is 0. The van der Waals surface area contributed by atoms with Gasteiger partial charge in [0.2, 0.25) is 5.95 Å². The van der Waals surface area contributed by atoms with Crippen molar-refractivity contribution >= 4 is 17.5 Å². The summed E-state index contributed by atoms with van der Waals surface area (Å²) in [6.07, 6.45) is 4.09. The fourth-order valence-corrected chi connectivity index (χ4v) is 2.15. The van der Waals surface area contributed by atoms with Crippen molar-refractivity contribution in [2.45, 2.75) is 39.5 Å². The Kier molecular flexibility index (Phi) is 5.55. The van der Waals surface area contributed by atoms with E-state index in [1.807, 2.05) is 12.1 Å². The third-order valence-corrected chi connectivity index (χ3v) is 3.32. The van der Waals surface area contributed by atoms with Crippen LogP contribution in [0.2, 0.25) is 0 Å². The van der Waals surface area contributed by atoms with E-state index in [0.29, 0.717) is 11.9 Å². The number of nitrogens with one attached hydrogen (secondary N) is 2. The topological polar surface area (TPSA) is 49.8 Å². The second-order valence-corrected chi connectivity index (χ2v) is 5.41. The lowest BCUT2D eigenvalue weighted by Crippen LogP contribution is -2.06. The molecule has 0 radical (unpaired) electrons. The molecule has 4 heteroatoms. The lowest BCUT2D eigenvalue weighted by atomic mass is 10.0. The van der Waals surface area contributed by atoms with Crippen LogP contribution in [0.1, 0.15) is 45.1 Å². The average molecular weight is 284 g/mol. The fraction of sp³-hybridized carbons (Fsp3) is 0.412. The van der Waals surface area contributed by atoms with E-state index < -0.39 is 0 Å². The third-order valence-electron chi connectivity index (χ3n) is 3.32. The molecule has 2 N–H and O–H groups in total. The maximum absolute atomic E-state index is 4.51. The van der Waals surface area contributed by atoms with Crippen LogP contribution in [-0.2, 0) is 0 Å². The highest BCUT2D eigenvalue weighted by Crippen LogP contribution is 2.25. The lowest BCUT2D eigenvalue weighted by molar-refractivity contribution is 0.830. The van der Waals surface area contributed by atoms with E-state index in [9.17, 15) is 0 Å². The highest BCUT2D eigenvalue weighted by atomic mass is 15.1. The van der Waals surface area contributed by atoms with Gasteiger partial charge in [0.1, 0.15) is 5.82 Å². The molecule has 0 aliphatic carbocycles. The van der Waals surface area contributed by atoms with Crippen LogP contribution in [0.4, 0.5) is 17.5 Å². The van der Waals surface area contributed by atoms with Crippen molar-refractivity contribution in [1.29, 1.82) is 0 Å². The lowest BCUT2D eigenvalue weighted by Gasteiger charge is -2.14. The minimum Gasteiger partial charge on any atom is -0.370 e. The minimum absolute atomic E-state index is 0.458. The molecule has 0 aliphatic rings. The molecule has 2 rings (SSSR count). The molecule has 0 fully saturated rings. The number of anilines is 3. The monoisotopic (exact) mass is 284 g/mol. The smallest absolute Gasteiger partial charge is 0.229 e. The number of benzene rings is 1. The van der Waals surface area contributed by atoms with Crippen molar-refractivity contribution in [2.75, 3.05) is 17.2 Å². The van der Waals surface area contributed by atoms with Gasteiger partial charge >= 0.3 is 0 Å². The first-order valence-corrected chi connectivity index (χ1v) is 7.63. The highest BCUT2D eigenvalue weighted by Gasteiger charge is 2.07. The van der Waals surface area contributed by atoms with E-state index in [0.717, 1.165) is 24.5 Å². The van der Waals surface area contributed by atoms with Crippen molar-refractivity contribution in [3.05, 3.63) is 42.1 Å². The van der Waals surface area contributed by atoms with Crippen LogP contribution in [-0.4, -0.2) is 16.5 Å². The molecule has 0 amide bonds. The van der Waals surface area contributed by atoms with Gasteiger partial charge in [-0.25, -0.2) is 4.98 Å². The van der Waals surface area contributed by atoms with Gasteiger partial charge in [0.25, 0.3) is 0 Å². The van der Waals surface area contributed by atoms with Crippen LogP contribution in [0.5, 0.6) is 0 Å². The van der Waals surface area contributed by atoms with E-state index in [4.69, 9.17) is 0 Å². The highest BCUT2D eigenvalue weighted by molar-refractivity contribution is 5.60. The minimum atomic E-state index is 0.458.